The Morgan fingerprint density at radius 1 is 0.711 bits per heavy atom. The van der Waals surface area contributed by atoms with Crippen molar-refractivity contribution in [3.8, 4) is 0 Å². The SMILES string of the molecule is O=C(NCCc1ccccn1)C(F)(OC(F)(F)C(F)(OC(F)(F)C(F)(F)C(F)(F)F)C(F)(F)F)C(F)(F)F. The minimum Gasteiger partial charge on any atom is -0.350 e. The minimum atomic E-state index is -8.05. The fourth-order valence-corrected chi connectivity index (χ4v) is 2.13. The number of halogens is 17. The van der Waals surface area contributed by atoms with Gasteiger partial charge in [-0.2, -0.15) is 74.6 Å². The summed E-state index contributed by atoms with van der Waals surface area (Å²) < 4.78 is 225. The van der Waals surface area contributed by atoms with Crippen LogP contribution < -0.4 is 5.32 Å². The van der Waals surface area contributed by atoms with E-state index in [1.54, 1.807) is 0 Å². The summed E-state index contributed by atoms with van der Waals surface area (Å²) in [6.07, 6.45) is -38.0. The summed E-state index contributed by atoms with van der Waals surface area (Å²) in [5, 5.41) is 0.890. The molecular formula is C16H9F17N2O3. The number of carbonyl (C=O) groups excluding carboxylic acids is 1. The van der Waals surface area contributed by atoms with E-state index in [9.17, 15) is 79.4 Å². The van der Waals surface area contributed by atoms with Gasteiger partial charge in [-0.15, -0.1) is 0 Å². The Kier molecular flexibility index (Phi) is 8.92. The number of nitrogens with one attached hydrogen (secondary N) is 1. The van der Waals surface area contributed by atoms with Crippen molar-refractivity contribution in [2.75, 3.05) is 6.54 Å². The molecule has 38 heavy (non-hydrogen) atoms. The van der Waals surface area contributed by atoms with Crippen LogP contribution in [0.25, 0.3) is 0 Å². The van der Waals surface area contributed by atoms with E-state index in [-0.39, 0.29) is 5.69 Å². The molecule has 0 aliphatic carbocycles. The number of amides is 1. The Labute approximate surface area is 197 Å². The summed E-state index contributed by atoms with van der Waals surface area (Å²) in [7, 11) is 0. The molecule has 0 saturated carbocycles. The molecule has 0 saturated heterocycles. The van der Waals surface area contributed by atoms with E-state index < -0.39 is 67.3 Å². The number of alkyl halides is 17. The Bertz CT molecular complexity index is 963. The Morgan fingerprint density at radius 3 is 1.63 bits per heavy atom. The molecule has 1 N–H and O–H groups in total. The van der Waals surface area contributed by atoms with Crippen molar-refractivity contribution >= 4 is 5.91 Å². The van der Waals surface area contributed by atoms with Crippen LogP contribution in [0.5, 0.6) is 0 Å². The Morgan fingerprint density at radius 2 is 1.24 bits per heavy atom. The first-order valence-corrected chi connectivity index (χ1v) is 8.96. The number of rotatable bonds is 10. The van der Waals surface area contributed by atoms with Crippen molar-refractivity contribution in [1.82, 2.24) is 10.3 Å². The number of aromatic nitrogens is 1. The lowest BCUT2D eigenvalue weighted by Gasteiger charge is -2.40. The van der Waals surface area contributed by atoms with Gasteiger partial charge in [-0.05, 0) is 12.1 Å². The van der Waals surface area contributed by atoms with Crippen molar-refractivity contribution in [2.24, 2.45) is 0 Å². The van der Waals surface area contributed by atoms with Gasteiger partial charge in [0.05, 0.1) is 0 Å². The van der Waals surface area contributed by atoms with Gasteiger partial charge in [-0.1, -0.05) is 6.07 Å². The highest BCUT2D eigenvalue weighted by Crippen LogP contribution is 2.56. The molecule has 0 spiro atoms. The van der Waals surface area contributed by atoms with Crippen LogP contribution in [-0.4, -0.2) is 65.8 Å². The summed E-state index contributed by atoms with van der Waals surface area (Å²) in [4.78, 5) is 15.1. The highest BCUT2D eigenvalue weighted by Gasteiger charge is 2.85. The molecule has 0 fully saturated rings. The van der Waals surface area contributed by atoms with Gasteiger partial charge in [-0.3, -0.25) is 19.3 Å². The average Bonchev–Trinajstić information content (AvgIpc) is 2.71. The smallest absolute Gasteiger partial charge is 0.350 e. The number of carbonyl (C=O) groups is 1. The van der Waals surface area contributed by atoms with Crippen LogP contribution in [0.1, 0.15) is 5.69 Å². The molecule has 0 aliphatic rings. The number of pyridine rings is 1. The summed E-state index contributed by atoms with van der Waals surface area (Å²) in [6, 6.07) is 3.74. The third-order valence-corrected chi connectivity index (χ3v) is 4.05. The van der Waals surface area contributed by atoms with Crippen LogP contribution in [0.2, 0.25) is 0 Å². The third kappa shape index (κ3) is 6.31. The zero-order valence-electron chi connectivity index (χ0n) is 17.3. The van der Waals surface area contributed by atoms with E-state index in [4.69, 9.17) is 0 Å². The van der Waals surface area contributed by atoms with Gasteiger partial charge in [0.25, 0.3) is 5.91 Å². The van der Waals surface area contributed by atoms with Crippen molar-refractivity contribution in [1.29, 1.82) is 0 Å². The van der Waals surface area contributed by atoms with Crippen LogP contribution in [0.15, 0.2) is 24.4 Å². The largest absolute Gasteiger partial charge is 0.462 e. The summed E-state index contributed by atoms with van der Waals surface area (Å²) in [5.41, 5.74) is -0.0587. The van der Waals surface area contributed by atoms with E-state index >= 15 is 0 Å². The molecule has 1 amide bonds. The number of ether oxygens (including phenoxy) is 2. The molecule has 220 valence electrons. The fraction of sp³-hybridized carbons (Fsp3) is 0.625. The maximum atomic E-state index is 14.3. The first kappa shape index (κ1) is 33.4. The van der Waals surface area contributed by atoms with Gasteiger partial charge in [-0.25, -0.2) is 0 Å². The van der Waals surface area contributed by atoms with Crippen LogP contribution in [-0.2, 0) is 20.7 Å². The molecule has 0 aliphatic heterocycles. The molecule has 0 radical (unpaired) electrons. The van der Waals surface area contributed by atoms with Crippen LogP contribution in [0.3, 0.4) is 0 Å². The van der Waals surface area contributed by atoms with Gasteiger partial charge in [0, 0.05) is 24.9 Å². The van der Waals surface area contributed by atoms with Crippen LogP contribution >= 0.6 is 0 Å². The standard InChI is InChI=1S/C16H9F17N2O3/c17-9(12(21,22)23,8(36)35-6-4-7-3-1-2-5-34-7)37-16(32,33)11(20,14(27,28)29)38-15(30,31)10(18,19)13(24,25)26/h1-3,5H,4,6H2,(H,35,36). The fourth-order valence-electron chi connectivity index (χ4n) is 2.13. The lowest BCUT2D eigenvalue weighted by atomic mass is 10.2. The second kappa shape index (κ2) is 10.2. The van der Waals surface area contributed by atoms with Crippen LogP contribution in [0.4, 0.5) is 74.6 Å². The van der Waals surface area contributed by atoms with Crippen molar-refractivity contribution in [3.05, 3.63) is 30.1 Å². The summed E-state index contributed by atoms with van der Waals surface area (Å²) in [5.74, 6) is -26.1. The maximum absolute atomic E-state index is 14.3. The number of nitrogens with zero attached hydrogens (tertiary/aromatic N) is 1. The second-order valence-corrected chi connectivity index (χ2v) is 6.82. The summed E-state index contributed by atoms with van der Waals surface area (Å²) in [6.45, 7) is -1.15. The predicted octanol–water partition coefficient (Wildman–Crippen LogP) is 5.61. The van der Waals surface area contributed by atoms with Crippen molar-refractivity contribution in [3.63, 3.8) is 0 Å². The van der Waals surface area contributed by atoms with E-state index in [0.717, 1.165) is 17.6 Å². The maximum Gasteiger partial charge on any atom is 0.462 e. The average molecular weight is 600 g/mol. The monoisotopic (exact) mass is 600 g/mol. The second-order valence-electron chi connectivity index (χ2n) is 6.82. The molecule has 1 aromatic rings. The molecule has 1 rings (SSSR count). The van der Waals surface area contributed by atoms with Gasteiger partial charge in [0.15, 0.2) is 0 Å². The molecule has 1 aromatic heterocycles. The van der Waals surface area contributed by atoms with Crippen molar-refractivity contribution in [2.45, 2.75) is 54.8 Å². The Balaban J connectivity index is 3.44. The zero-order valence-corrected chi connectivity index (χ0v) is 17.3. The third-order valence-electron chi connectivity index (χ3n) is 4.05. The number of hydrogen-bond acceptors (Lipinski definition) is 4. The van der Waals surface area contributed by atoms with Gasteiger partial charge in [0.1, 0.15) is 0 Å². The van der Waals surface area contributed by atoms with Gasteiger partial charge in [0.2, 0.25) is 0 Å². The molecular weight excluding hydrogens is 591 g/mol. The van der Waals surface area contributed by atoms with Gasteiger partial charge < -0.3 is 5.32 Å². The zero-order chi connectivity index (χ0) is 30.2. The van der Waals surface area contributed by atoms with E-state index in [1.807, 2.05) is 4.74 Å². The minimum absolute atomic E-state index is 0.0587. The normalized spacial score (nSPS) is 17.5. The van der Waals surface area contributed by atoms with Crippen LogP contribution in [0, 0.1) is 0 Å². The first-order valence-electron chi connectivity index (χ1n) is 8.96. The lowest BCUT2D eigenvalue weighted by Crippen LogP contribution is -2.68. The molecule has 0 aromatic carbocycles. The quantitative estimate of drug-likeness (QED) is 0.355. The Hall–Kier alpha value is -2.65. The molecule has 2 unspecified atom stereocenters. The van der Waals surface area contributed by atoms with Crippen molar-refractivity contribution < 1.29 is 88.9 Å². The summed E-state index contributed by atoms with van der Waals surface area (Å²) >= 11 is 0. The predicted molar refractivity (Wildman–Crippen MR) is 83.8 cm³/mol. The van der Waals surface area contributed by atoms with Gasteiger partial charge >= 0.3 is 48.4 Å². The molecule has 5 nitrogen and oxygen atoms in total. The molecule has 22 heteroatoms. The topological polar surface area (TPSA) is 60.5 Å². The first-order chi connectivity index (χ1) is 16.7. The highest BCUT2D eigenvalue weighted by molar-refractivity contribution is 5.84. The molecule has 0 bridgehead atoms. The molecule has 2 atom stereocenters. The van der Waals surface area contributed by atoms with E-state index in [1.165, 1.54) is 16.9 Å². The van der Waals surface area contributed by atoms with E-state index in [0.29, 0.717) is 0 Å². The lowest BCUT2D eigenvalue weighted by molar-refractivity contribution is -0.548. The highest BCUT2D eigenvalue weighted by atomic mass is 19.4. The number of hydrogen-bond donors (Lipinski definition) is 1. The molecule has 1 heterocycles. The van der Waals surface area contributed by atoms with E-state index in [2.05, 4.69) is 4.98 Å².